The number of guanidine groups is 1. The zero-order chi connectivity index (χ0) is 10.5. The van der Waals surface area contributed by atoms with Crippen molar-refractivity contribution in [3.63, 3.8) is 0 Å². The Morgan fingerprint density at radius 2 is 2.27 bits per heavy atom. The molecule has 1 heterocycles. The molecule has 1 aromatic carbocycles. The average Bonchev–Trinajstić information content (AvgIpc) is 2.79. The van der Waals surface area contributed by atoms with Crippen LogP contribution in [0.2, 0.25) is 0 Å². The van der Waals surface area contributed by atoms with Crippen LogP contribution >= 0.6 is 0 Å². The normalized spacial score (nSPS) is 14.6. The Balaban J connectivity index is 1.92. The van der Waals surface area contributed by atoms with E-state index in [-0.39, 0.29) is 0 Å². The molecule has 80 valence electrons. The molecule has 4 nitrogen and oxygen atoms in total. The molecule has 1 aromatic rings. The minimum atomic E-state index is 0.590. The first-order valence-electron chi connectivity index (χ1n) is 5.18. The van der Waals surface area contributed by atoms with Crippen LogP contribution in [-0.4, -0.2) is 19.0 Å². The van der Waals surface area contributed by atoms with Crippen LogP contribution in [0.5, 0.6) is 0 Å². The van der Waals surface area contributed by atoms with E-state index in [1.165, 1.54) is 5.56 Å². The molecular weight excluding hydrogens is 188 g/mol. The predicted molar refractivity (Wildman–Crippen MR) is 61.5 cm³/mol. The molecule has 0 fully saturated rings. The summed E-state index contributed by atoms with van der Waals surface area (Å²) in [7, 11) is 0. The van der Waals surface area contributed by atoms with Gasteiger partial charge in [-0.05, 0) is 11.1 Å². The van der Waals surface area contributed by atoms with Gasteiger partial charge in [0.15, 0.2) is 5.96 Å². The maximum Gasteiger partial charge on any atom is 0.191 e. The van der Waals surface area contributed by atoms with Crippen molar-refractivity contribution in [3.8, 4) is 0 Å². The largest absolute Gasteiger partial charge is 0.355 e. The van der Waals surface area contributed by atoms with E-state index in [2.05, 4.69) is 27.8 Å². The van der Waals surface area contributed by atoms with Crippen molar-refractivity contribution in [3.05, 3.63) is 35.4 Å². The summed E-state index contributed by atoms with van der Waals surface area (Å²) in [5.41, 5.74) is 7.97. The molecule has 0 aromatic heterocycles. The fraction of sp³-hybridized carbons (Fsp3) is 0.364. The second kappa shape index (κ2) is 4.79. The van der Waals surface area contributed by atoms with E-state index >= 15 is 0 Å². The quantitative estimate of drug-likeness (QED) is 0.659. The molecule has 0 atom stereocenters. The highest BCUT2D eigenvalue weighted by Gasteiger charge is 2.03. The third-order valence-electron chi connectivity index (χ3n) is 2.36. The number of benzene rings is 1. The second-order valence-corrected chi connectivity index (χ2v) is 3.53. The van der Waals surface area contributed by atoms with Crippen molar-refractivity contribution < 1.29 is 0 Å². The summed E-state index contributed by atoms with van der Waals surface area (Å²) >= 11 is 0. The van der Waals surface area contributed by atoms with Crippen molar-refractivity contribution in [2.45, 2.75) is 13.1 Å². The van der Waals surface area contributed by atoms with Crippen LogP contribution in [0.4, 0.5) is 0 Å². The van der Waals surface area contributed by atoms with Crippen molar-refractivity contribution in [2.24, 2.45) is 10.7 Å². The van der Waals surface area contributed by atoms with E-state index in [0.717, 1.165) is 31.2 Å². The monoisotopic (exact) mass is 204 g/mol. The molecule has 0 amide bonds. The first kappa shape index (κ1) is 9.98. The van der Waals surface area contributed by atoms with Gasteiger partial charge in [0.1, 0.15) is 0 Å². The molecule has 1 aliphatic heterocycles. The number of rotatable bonds is 3. The summed E-state index contributed by atoms with van der Waals surface area (Å²) < 4.78 is 0. The van der Waals surface area contributed by atoms with E-state index in [0.29, 0.717) is 6.54 Å². The minimum absolute atomic E-state index is 0.590. The van der Waals surface area contributed by atoms with Crippen LogP contribution in [0, 0.1) is 0 Å². The first-order valence-corrected chi connectivity index (χ1v) is 5.18. The van der Waals surface area contributed by atoms with Gasteiger partial charge < -0.3 is 16.4 Å². The van der Waals surface area contributed by atoms with Gasteiger partial charge in [-0.15, -0.1) is 0 Å². The van der Waals surface area contributed by atoms with E-state index < -0.39 is 0 Å². The Kier molecular flexibility index (Phi) is 3.19. The zero-order valence-electron chi connectivity index (χ0n) is 8.66. The summed E-state index contributed by atoms with van der Waals surface area (Å²) in [6.45, 7) is 3.18. The van der Waals surface area contributed by atoms with E-state index in [9.17, 15) is 0 Å². The smallest absolute Gasteiger partial charge is 0.191 e. The molecular formula is C11H16N4. The molecule has 0 unspecified atom stereocenters. The van der Waals surface area contributed by atoms with Gasteiger partial charge >= 0.3 is 0 Å². The highest BCUT2D eigenvalue weighted by atomic mass is 15.2. The van der Waals surface area contributed by atoms with Gasteiger partial charge in [-0.25, -0.2) is 0 Å². The maximum absolute atomic E-state index is 5.58. The van der Waals surface area contributed by atoms with Crippen LogP contribution in [-0.2, 0) is 13.1 Å². The van der Waals surface area contributed by atoms with Gasteiger partial charge in [-0.1, -0.05) is 24.3 Å². The minimum Gasteiger partial charge on any atom is -0.355 e. The lowest BCUT2D eigenvalue weighted by molar-refractivity contribution is 0.864. The Morgan fingerprint density at radius 3 is 3.00 bits per heavy atom. The zero-order valence-corrected chi connectivity index (χ0v) is 8.66. The van der Waals surface area contributed by atoms with Crippen molar-refractivity contribution in [1.82, 2.24) is 10.6 Å². The molecule has 0 radical (unpaired) electrons. The Hall–Kier alpha value is -1.55. The highest BCUT2D eigenvalue weighted by Crippen LogP contribution is 2.04. The lowest BCUT2D eigenvalue weighted by Gasteiger charge is -2.07. The van der Waals surface area contributed by atoms with E-state index in [1.807, 2.05) is 12.1 Å². The Labute approximate surface area is 89.6 Å². The van der Waals surface area contributed by atoms with Gasteiger partial charge in [-0.2, -0.15) is 0 Å². The third kappa shape index (κ3) is 2.70. The average molecular weight is 204 g/mol. The molecule has 4 N–H and O–H groups in total. The summed E-state index contributed by atoms with van der Waals surface area (Å²) in [6, 6.07) is 8.27. The number of hydrogen-bond donors (Lipinski definition) is 3. The second-order valence-electron chi connectivity index (χ2n) is 3.53. The summed E-state index contributed by atoms with van der Waals surface area (Å²) in [4.78, 5) is 4.26. The van der Waals surface area contributed by atoms with Gasteiger partial charge in [0, 0.05) is 19.6 Å². The molecule has 0 aliphatic carbocycles. The van der Waals surface area contributed by atoms with Crippen molar-refractivity contribution >= 4 is 5.96 Å². The molecule has 0 spiro atoms. The van der Waals surface area contributed by atoms with E-state index in [1.54, 1.807) is 0 Å². The van der Waals surface area contributed by atoms with Crippen molar-refractivity contribution in [2.75, 3.05) is 13.1 Å². The first-order chi connectivity index (χ1) is 7.38. The predicted octanol–water partition coefficient (Wildman–Crippen LogP) is 0.194. The summed E-state index contributed by atoms with van der Waals surface area (Å²) in [5, 5.41) is 6.42. The van der Waals surface area contributed by atoms with Gasteiger partial charge in [-0.3, -0.25) is 4.99 Å². The molecule has 1 aliphatic rings. The molecule has 4 heteroatoms. The number of nitrogens with zero attached hydrogens (tertiary/aromatic N) is 1. The van der Waals surface area contributed by atoms with Crippen LogP contribution in [0.25, 0.3) is 0 Å². The highest BCUT2D eigenvalue weighted by molar-refractivity contribution is 5.81. The van der Waals surface area contributed by atoms with Crippen LogP contribution in [0.1, 0.15) is 11.1 Å². The SMILES string of the molecule is NCc1cccc(CNC2=NCCN2)c1. The number of nitrogens with two attached hydrogens (primary N) is 1. The van der Waals surface area contributed by atoms with Crippen LogP contribution in [0.3, 0.4) is 0 Å². The Morgan fingerprint density at radius 1 is 1.40 bits per heavy atom. The van der Waals surface area contributed by atoms with Crippen LogP contribution in [0.15, 0.2) is 29.3 Å². The number of aliphatic imine (C=N–C) groups is 1. The maximum atomic E-state index is 5.58. The molecule has 0 saturated carbocycles. The molecule has 0 saturated heterocycles. The third-order valence-corrected chi connectivity index (χ3v) is 2.36. The fourth-order valence-corrected chi connectivity index (χ4v) is 1.57. The number of hydrogen-bond acceptors (Lipinski definition) is 4. The van der Waals surface area contributed by atoms with Gasteiger partial charge in [0.25, 0.3) is 0 Å². The molecule has 2 rings (SSSR count). The van der Waals surface area contributed by atoms with Crippen LogP contribution < -0.4 is 16.4 Å². The standard InChI is InChI=1S/C11H16N4/c12-7-9-2-1-3-10(6-9)8-15-11-13-4-5-14-11/h1-3,6H,4-5,7-8,12H2,(H2,13,14,15). The number of nitrogens with one attached hydrogen (secondary N) is 2. The Bertz CT molecular complexity index is 359. The lowest BCUT2D eigenvalue weighted by atomic mass is 10.1. The van der Waals surface area contributed by atoms with Gasteiger partial charge in [0.05, 0.1) is 6.54 Å². The topological polar surface area (TPSA) is 62.4 Å². The van der Waals surface area contributed by atoms with Gasteiger partial charge in [0.2, 0.25) is 0 Å². The molecule has 0 bridgehead atoms. The van der Waals surface area contributed by atoms with E-state index in [4.69, 9.17) is 5.73 Å². The van der Waals surface area contributed by atoms with Crippen molar-refractivity contribution in [1.29, 1.82) is 0 Å². The molecule has 15 heavy (non-hydrogen) atoms. The summed E-state index contributed by atoms with van der Waals surface area (Å²) in [6.07, 6.45) is 0. The lowest BCUT2D eigenvalue weighted by Crippen LogP contribution is -2.33. The summed E-state index contributed by atoms with van der Waals surface area (Å²) in [5.74, 6) is 0.896. The fourth-order valence-electron chi connectivity index (χ4n) is 1.57.